The standard InChI is InChI=1S/C13H14N4O3S/c1-7(11(18)15-13-17-16-8(2)21-13)20-12(19)9-3-5-10(14)6-4-9/h3-7H,14H2,1-2H3,(H,15,17,18). The average Bonchev–Trinajstić information content (AvgIpc) is 2.84. The van der Waals surface area contributed by atoms with E-state index in [-0.39, 0.29) is 0 Å². The number of benzene rings is 1. The van der Waals surface area contributed by atoms with Crippen molar-refractivity contribution < 1.29 is 14.3 Å². The molecule has 0 radical (unpaired) electrons. The molecule has 7 nitrogen and oxygen atoms in total. The van der Waals surface area contributed by atoms with Gasteiger partial charge >= 0.3 is 5.97 Å². The Morgan fingerprint density at radius 1 is 1.29 bits per heavy atom. The molecule has 1 heterocycles. The summed E-state index contributed by atoms with van der Waals surface area (Å²) in [7, 11) is 0. The monoisotopic (exact) mass is 306 g/mol. The van der Waals surface area contributed by atoms with E-state index in [0.717, 1.165) is 5.01 Å². The van der Waals surface area contributed by atoms with Crippen molar-refractivity contribution in [2.45, 2.75) is 20.0 Å². The lowest BCUT2D eigenvalue weighted by atomic mass is 10.2. The summed E-state index contributed by atoms with van der Waals surface area (Å²) in [5, 5.41) is 11.2. The molecule has 1 unspecified atom stereocenters. The van der Waals surface area contributed by atoms with E-state index in [1.807, 2.05) is 0 Å². The number of aromatic nitrogens is 2. The Morgan fingerprint density at radius 2 is 1.95 bits per heavy atom. The van der Waals surface area contributed by atoms with Crippen molar-refractivity contribution in [2.75, 3.05) is 11.1 Å². The van der Waals surface area contributed by atoms with Gasteiger partial charge in [0.05, 0.1) is 5.56 Å². The number of nitrogen functional groups attached to an aromatic ring is 1. The molecule has 0 fully saturated rings. The van der Waals surface area contributed by atoms with Crippen molar-refractivity contribution >= 4 is 34.0 Å². The third-order valence-corrected chi connectivity index (χ3v) is 3.31. The zero-order chi connectivity index (χ0) is 15.4. The number of hydrogen-bond acceptors (Lipinski definition) is 7. The van der Waals surface area contributed by atoms with Crippen molar-refractivity contribution in [3.63, 3.8) is 0 Å². The molecule has 0 saturated carbocycles. The van der Waals surface area contributed by atoms with Crippen molar-refractivity contribution in [1.82, 2.24) is 10.2 Å². The van der Waals surface area contributed by atoms with Crippen molar-refractivity contribution in [3.05, 3.63) is 34.8 Å². The number of carbonyl (C=O) groups excluding carboxylic acids is 2. The first-order chi connectivity index (χ1) is 9.95. The van der Waals surface area contributed by atoms with E-state index in [2.05, 4.69) is 15.5 Å². The first-order valence-electron chi connectivity index (χ1n) is 6.13. The van der Waals surface area contributed by atoms with E-state index in [0.29, 0.717) is 16.4 Å². The minimum absolute atomic E-state index is 0.329. The fourth-order valence-corrected chi connectivity index (χ4v) is 2.05. The lowest BCUT2D eigenvalue weighted by molar-refractivity contribution is -0.123. The van der Waals surface area contributed by atoms with Gasteiger partial charge in [-0.05, 0) is 38.1 Å². The van der Waals surface area contributed by atoms with Crippen LogP contribution in [0.2, 0.25) is 0 Å². The number of ether oxygens (including phenoxy) is 1. The average molecular weight is 306 g/mol. The van der Waals surface area contributed by atoms with Gasteiger partial charge in [-0.2, -0.15) is 0 Å². The van der Waals surface area contributed by atoms with Gasteiger partial charge in [0, 0.05) is 5.69 Å². The second-order valence-corrected chi connectivity index (χ2v) is 5.47. The van der Waals surface area contributed by atoms with Gasteiger partial charge in [0.25, 0.3) is 5.91 Å². The van der Waals surface area contributed by atoms with Crippen LogP contribution in [0.1, 0.15) is 22.3 Å². The number of nitrogens with two attached hydrogens (primary N) is 1. The number of hydrogen-bond donors (Lipinski definition) is 2. The topological polar surface area (TPSA) is 107 Å². The molecule has 110 valence electrons. The molecule has 1 atom stereocenters. The maximum atomic E-state index is 11.9. The number of esters is 1. The molecule has 0 aliphatic heterocycles. The van der Waals surface area contributed by atoms with E-state index < -0.39 is 18.0 Å². The molecule has 2 rings (SSSR count). The summed E-state index contributed by atoms with van der Waals surface area (Å²) >= 11 is 1.24. The molecule has 1 amide bonds. The Bertz CT molecular complexity index is 654. The predicted molar refractivity (Wildman–Crippen MR) is 79.0 cm³/mol. The summed E-state index contributed by atoms with van der Waals surface area (Å²) in [5.41, 5.74) is 6.41. The van der Waals surface area contributed by atoms with Crippen LogP contribution in [0, 0.1) is 6.92 Å². The SMILES string of the molecule is Cc1nnc(NC(=O)C(C)OC(=O)c2ccc(N)cc2)s1. The second kappa shape index (κ2) is 6.31. The van der Waals surface area contributed by atoms with Crippen LogP contribution in [-0.2, 0) is 9.53 Å². The van der Waals surface area contributed by atoms with Crippen LogP contribution in [0.4, 0.5) is 10.8 Å². The Kier molecular flexibility index (Phi) is 4.49. The van der Waals surface area contributed by atoms with Crippen LogP contribution in [0.15, 0.2) is 24.3 Å². The van der Waals surface area contributed by atoms with Gasteiger partial charge in [-0.1, -0.05) is 11.3 Å². The number of nitrogens with one attached hydrogen (secondary N) is 1. The molecule has 0 aliphatic carbocycles. The molecule has 3 N–H and O–H groups in total. The highest BCUT2D eigenvalue weighted by Gasteiger charge is 2.20. The summed E-state index contributed by atoms with van der Waals surface area (Å²) in [6.07, 6.45) is -0.945. The largest absolute Gasteiger partial charge is 0.449 e. The number of nitrogens with zero attached hydrogens (tertiary/aromatic N) is 2. The van der Waals surface area contributed by atoms with E-state index in [9.17, 15) is 9.59 Å². The molecule has 2 aromatic rings. The third kappa shape index (κ3) is 3.99. The van der Waals surface area contributed by atoms with Crippen molar-refractivity contribution in [3.8, 4) is 0 Å². The van der Waals surface area contributed by atoms with Crippen molar-refractivity contribution in [2.24, 2.45) is 0 Å². The number of amides is 1. The summed E-state index contributed by atoms with van der Waals surface area (Å²) in [6.45, 7) is 3.26. The molecule has 0 spiro atoms. The zero-order valence-corrected chi connectivity index (χ0v) is 12.3. The first kappa shape index (κ1) is 14.9. The van der Waals surface area contributed by atoms with Gasteiger partial charge in [-0.25, -0.2) is 4.79 Å². The Labute approximate surface area is 125 Å². The van der Waals surface area contributed by atoms with Crippen LogP contribution in [0.3, 0.4) is 0 Å². The molecule has 1 aromatic carbocycles. The van der Waals surface area contributed by atoms with Crippen molar-refractivity contribution in [1.29, 1.82) is 0 Å². The van der Waals surface area contributed by atoms with Gasteiger partial charge in [-0.15, -0.1) is 10.2 Å². The lowest BCUT2D eigenvalue weighted by Crippen LogP contribution is -2.30. The predicted octanol–water partition coefficient (Wildman–Crippen LogP) is 1.61. The molecule has 8 heteroatoms. The summed E-state index contributed by atoms with van der Waals surface area (Å²) < 4.78 is 5.08. The van der Waals surface area contributed by atoms with Crippen LogP contribution in [-0.4, -0.2) is 28.2 Å². The van der Waals surface area contributed by atoms with Crippen LogP contribution < -0.4 is 11.1 Å². The molecule has 21 heavy (non-hydrogen) atoms. The van der Waals surface area contributed by atoms with Gasteiger partial charge in [0.15, 0.2) is 6.10 Å². The maximum absolute atomic E-state index is 11.9. The normalized spacial score (nSPS) is 11.7. The highest BCUT2D eigenvalue weighted by Crippen LogP contribution is 2.14. The zero-order valence-electron chi connectivity index (χ0n) is 11.5. The number of anilines is 2. The van der Waals surface area contributed by atoms with Gasteiger partial charge < -0.3 is 10.5 Å². The van der Waals surface area contributed by atoms with Gasteiger partial charge in [0.1, 0.15) is 5.01 Å². The molecule has 0 aliphatic rings. The summed E-state index contributed by atoms with van der Waals surface area (Å²) in [5.74, 6) is -1.05. The molecular formula is C13H14N4O3S. The fraction of sp³-hybridized carbons (Fsp3) is 0.231. The first-order valence-corrected chi connectivity index (χ1v) is 6.95. The van der Waals surface area contributed by atoms with Gasteiger partial charge in [0.2, 0.25) is 5.13 Å². The lowest BCUT2D eigenvalue weighted by Gasteiger charge is -2.12. The molecule has 0 bridgehead atoms. The number of aryl methyl sites for hydroxylation is 1. The maximum Gasteiger partial charge on any atom is 0.338 e. The third-order valence-electron chi connectivity index (χ3n) is 2.56. The molecule has 0 saturated heterocycles. The Balaban J connectivity index is 1.93. The van der Waals surface area contributed by atoms with E-state index in [1.54, 1.807) is 19.1 Å². The van der Waals surface area contributed by atoms with Crippen LogP contribution >= 0.6 is 11.3 Å². The van der Waals surface area contributed by atoms with Crippen LogP contribution in [0.25, 0.3) is 0 Å². The highest BCUT2D eigenvalue weighted by molar-refractivity contribution is 7.15. The quantitative estimate of drug-likeness (QED) is 0.656. The number of carbonyl (C=O) groups is 2. The second-order valence-electron chi connectivity index (χ2n) is 4.29. The summed E-state index contributed by atoms with van der Waals surface area (Å²) in [6, 6.07) is 6.25. The minimum atomic E-state index is -0.945. The minimum Gasteiger partial charge on any atom is -0.449 e. The van der Waals surface area contributed by atoms with E-state index in [4.69, 9.17) is 10.5 Å². The molecule has 1 aromatic heterocycles. The van der Waals surface area contributed by atoms with E-state index >= 15 is 0 Å². The Morgan fingerprint density at radius 3 is 2.52 bits per heavy atom. The Hall–Kier alpha value is -2.48. The number of rotatable bonds is 4. The molecular weight excluding hydrogens is 292 g/mol. The summed E-state index contributed by atoms with van der Waals surface area (Å²) in [4.78, 5) is 23.7. The highest BCUT2D eigenvalue weighted by atomic mass is 32.1. The van der Waals surface area contributed by atoms with Gasteiger partial charge in [-0.3, -0.25) is 10.1 Å². The van der Waals surface area contributed by atoms with Crippen LogP contribution in [0.5, 0.6) is 0 Å². The van der Waals surface area contributed by atoms with E-state index in [1.165, 1.54) is 30.4 Å². The smallest absolute Gasteiger partial charge is 0.338 e. The fourth-order valence-electron chi connectivity index (χ4n) is 1.46.